The lowest BCUT2D eigenvalue weighted by Crippen LogP contribution is -2.41. The van der Waals surface area contributed by atoms with Crippen molar-refractivity contribution in [1.82, 2.24) is 9.80 Å². The highest BCUT2D eigenvalue weighted by atomic mass is 31.1. The summed E-state index contributed by atoms with van der Waals surface area (Å²) >= 11 is 0. The Hall–Kier alpha value is -1.21. The van der Waals surface area contributed by atoms with Crippen molar-refractivity contribution >= 4 is 18.5 Å². The summed E-state index contributed by atoms with van der Waals surface area (Å²) in [5.74, 6) is 1.45. The zero-order chi connectivity index (χ0) is 19.1. The van der Waals surface area contributed by atoms with Gasteiger partial charge in [-0.25, -0.2) is 0 Å². The average Bonchev–Trinajstić information content (AvgIpc) is 3.21. The van der Waals surface area contributed by atoms with Crippen LogP contribution in [-0.4, -0.2) is 49.8 Å². The van der Waals surface area contributed by atoms with Crippen molar-refractivity contribution in [1.29, 1.82) is 0 Å². The maximum atomic E-state index is 2.70. The van der Waals surface area contributed by atoms with Gasteiger partial charge in [0.15, 0.2) is 0 Å². The molecular weight excluding hydrogens is 347 g/mol. The van der Waals surface area contributed by atoms with Crippen LogP contribution in [0.1, 0.15) is 32.1 Å². The normalized spacial score (nSPS) is 16.5. The second-order valence-corrected chi connectivity index (χ2v) is 10.4. The molecule has 146 valence electrons. The van der Waals surface area contributed by atoms with Gasteiger partial charge in [0.25, 0.3) is 0 Å². The van der Waals surface area contributed by atoms with E-state index in [-0.39, 0.29) is 7.92 Å². The van der Waals surface area contributed by atoms with E-state index >= 15 is 0 Å². The maximum Gasteiger partial charge on any atom is 0.0403 e. The molecule has 3 heteroatoms. The molecule has 0 aliphatic heterocycles. The van der Waals surface area contributed by atoms with Crippen molar-refractivity contribution in [2.75, 3.05) is 34.2 Å². The second kappa shape index (κ2) is 10.4. The molecule has 3 rings (SSSR count). The molecule has 0 spiro atoms. The molecule has 0 heterocycles. The van der Waals surface area contributed by atoms with E-state index in [1.807, 2.05) is 0 Å². The Balaban J connectivity index is 1.92. The van der Waals surface area contributed by atoms with Gasteiger partial charge in [-0.1, -0.05) is 73.5 Å². The molecule has 1 saturated carbocycles. The van der Waals surface area contributed by atoms with Crippen LogP contribution in [0.4, 0.5) is 0 Å². The zero-order valence-corrected chi connectivity index (χ0v) is 18.1. The molecule has 2 nitrogen and oxygen atoms in total. The lowest BCUT2D eigenvalue weighted by Gasteiger charge is -2.40. The van der Waals surface area contributed by atoms with Crippen LogP contribution in [0.25, 0.3) is 0 Å². The summed E-state index contributed by atoms with van der Waals surface area (Å²) in [6.45, 7) is 2.34. The topological polar surface area (TPSA) is 6.48 Å². The molecule has 0 bridgehead atoms. The van der Waals surface area contributed by atoms with Crippen molar-refractivity contribution in [2.45, 2.75) is 37.9 Å². The van der Waals surface area contributed by atoms with Gasteiger partial charge in [0.05, 0.1) is 0 Å². The first-order chi connectivity index (χ1) is 13.2. The van der Waals surface area contributed by atoms with Gasteiger partial charge in [0.2, 0.25) is 0 Å². The highest BCUT2D eigenvalue weighted by Gasteiger charge is 2.35. The molecule has 27 heavy (non-hydrogen) atoms. The Bertz CT molecular complexity index is 613. The smallest absolute Gasteiger partial charge is 0.0403 e. The van der Waals surface area contributed by atoms with Gasteiger partial charge in [0, 0.05) is 5.78 Å². The minimum absolute atomic E-state index is 0.384. The molecular formula is C24H35N2P. The summed E-state index contributed by atoms with van der Waals surface area (Å²) in [5, 5.41) is 3.05. The molecule has 1 fully saturated rings. The summed E-state index contributed by atoms with van der Waals surface area (Å²) in [6, 6.07) is 22.6. The van der Waals surface area contributed by atoms with Crippen LogP contribution in [0, 0.1) is 5.92 Å². The van der Waals surface area contributed by atoms with Gasteiger partial charge in [-0.05, 0) is 77.9 Å². The molecule has 0 saturated heterocycles. The molecule has 1 atom stereocenters. The van der Waals surface area contributed by atoms with E-state index in [1.54, 1.807) is 0 Å². The van der Waals surface area contributed by atoms with Crippen molar-refractivity contribution < 1.29 is 0 Å². The van der Waals surface area contributed by atoms with Crippen molar-refractivity contribution in [3.8, 4) is 0 Å². The highest BCUT2D eigenvalue weighted by Crippen LogP contribution is 2.48. The number of benzene rings is 2. The summed E-state index contributed by atoms with van der Waals surface area (Å²) in [6.07, 6.45) is 6.82. The Morgan fingerprint density at radius 3 is 1.81 bits per heavy atom. The van der Waals surface area contributed by atoms with Crippen molar-refractivity contribution in [3.05, 3.63) is 60.7 Å². The SMILES string of the molecule is CN(C)CCCN(C)C(C1CCCC1)P(c1ccccc1)c1ccccc1. The van der Waals surface area contributed by atoms with E-state index in [1.165, 1.54) is 49.3 Å². The number of nitrogens with zero attached hydrogens (tertiary/aromatic N) is 2. The first-order valence-electron chi connectivity index (χ1n) is 10.4. The monoisotopic (exact) mass is 382 g/mol. The molecule has 2 aromatic rings. The molecule has 1 unspecified atom stereocenters. The lowest BCUT2D eigenvalue weighted by molar-refractivity contribution is 0.233. The molecule has 0 radical (unpaired) electrons. The van der Waals surface area contributed by atoms with Gasteiger partial charge in [0.1, 0.15) is 0 Å². The van der Waals surface area contributed by atoms with Crippen LogP contribution in [0.2, 0.25) is 0 Å². The standard InChI is InChI=1S/C24H35N2P/c1-25(2)19-12-20-26(3)24(21-13-10-11-14-21)27(22-15-6-4-7-16-22)23-17-8-5-9-18-23/h4-9,15-18,21,24H,10-14,19-20H2,1-3H3. The minimum Gasteiger partial charge on any atom is -0.309 e. The Kier molecular flexibility index (Phi) is 7.88. The Labute approximate surface area is 167 Å². The van der Waals surface area contributed by atoms with Gasteiger partial charge < -0.3 is 4.90 Å². The predicted molar refractivity (Wildman–Crippen MR) is 121 cm³/mol. The van der Waals surface area contributed by atoms with E-state index in [0.29, 0.717) is 5.78 Å². The van der Waals surface area contributed by atoms with Crippen LogP contribution in [0.3, 0.4) is 0 Å². The molecule has 0 aromatic heterocycles. The fourth-order valence-electron chi connectivity index (χ4n) is 4.42. The lowest BCUT2D eigenvalue weighted by atomic mass is 10.1. The molecule has 0 amide bonds. The van der Waals surface area contributed by atoms with Gasteiger partial charge in [-0.3, -0.25) is 4.90 Å². The first kappa shape index (κ1) is 20.5. The number of hydrogen-bond donors (Lipinski definition) is 0. The molecule has 1 aliphatic rings. The summed E-state index contributed by atoms with van der Waals surface area (Å²) < 4.78 is 0. The Morgan fingerprint density at radius 2 is 1.33 bits per heavy atom. The summed E-state index contributed by atoms with van der Waals surface area (Å²) in [4.78, 5) is 5.00. The fourth-order valence-corrected chi connectivity index (χ4v) is 7.55. The van der Waals surface area contributed by atoms with E-state index < -0.39 is 0 Å². The van der Waals surface area contributed by atoms with E-state index in [2.05, 4.69) is 91.6 Å². The third kappa shape index (κ3) is 5.64. The van der Waals surface area contributed by atoms with E-state index in [4.69, 9.17) is 0 Å². The van der Waals surface area contributed by atoms with Crippen LogP contribution >= 0.6 is 7.92 Å². The quantitative estimate of drug-likeness (QED) is 0.589. The molecule has 0 N–H and O–H groups in total. The summed E-state index contributed by atoms with van der Waals surface area (Å²) in [7, 11) is 6.34. The summed E-state index contributed by atoms with van der Waals surface area (Å²) in [5.41, 5.74) is 0. The van der Waals surface area contributed by atoms with Crippen LogP contribution in [-0.2, 0) is 0 Å². The van der Waals surface area contributed by atoms with Gasteiger partial charge in [-0.15, -0.1) is 0 Å². The largest absolute Gasteiger partial charge is 0.309 e. The third-order valence-electron chi connectivity index (χ3n) is 5.72. The predicted octanol–water partition coefficient (Wildman–Crippen LogP) is 4.52. The molecule has 2 aromatic carbocycles. The first-order valence-corrected chi connectivity index (χ1v) is 11.8. The third-order valence-corrected chi connectivity index (χ3v) is 8.78. The van der Waals surface area contributed by atoms with E-state index in [0.717, 1.165) is 12.5 Å². The Morgan fingerprint density at radius 1 is 0.815 bits per heavy atom. The zero-order valence-electron chi connectivity index (χ0n) is 17.2. The van der Waals surface area contributed by atoms with Gasteiger partial charge >= 0.3 is 0 Å². The van der Waals surface area contributed by atoms with Crippen LogP contribution < -0.4 is 10.6 Å². The number of hydrogen-bond acceptors (Lipinski definition) is 2. The van der Waals surface area contributed by atoms with Crippen LogP contribution in [0.5, 0.6) is 0 Å². The second-order valence-electron chi connectivity index (χ2n) is 8.14. The highest BCUT2D eigenvalue weighted by molar-refractivity contribution is 7.73. The van der Waals surface area contributed by atoms with E-state index in [9.17, 15) is 0 Å². The maximum absolute atomic E-state index is 2.70. The van der Waals surface area contributed by atoms with Crippen molar-refractivity contribution in [3.63, 3.8) is 0 Å². The average molecular weight is 383 g/mol. The fraction of sp³-hybridized carbons (Fsp3) is 0.500. The minimum atomic E-state index is -0.384. The van der Waals surface area contributed by atoms with Crippen LogP contribution in [0.15, 0.2) is 60.7 Å². The number of rotatable bonds is 9. The van der Waals surface area contributed by atoms with Gasteiger partial charge in [-0.2, -0.15) is 0 Å². The molecule has 1 aliphatic carbocycles. The van der Waals surface area contributed by atoms with Crippen molar-refractivity contribution in [2.24, 2.45) is 5.92 Å².